The molecule has 8 nitrogen and oxygen atoms in total. The summed E-state index contributed by atoms with van der Waals surface area (Å²) in [5.41, 5.74) is 1.52. The minimum Gasteiger partial charge on any atom is -0.462 e. The lowest BCUT2D eigenvalue weighted by atomic mass is 10.1. The van der Waals surface area contributed by atoms with Gasteiger partial charge in [-0.05, 0) is 44.6 Å². The number of hydrogen-bond acceptors (Lipinski definition) is 9. The Morgan fingerprint density at radius 3 is 2.73 bits per heavy atom. The van der Waals surface area contributed by atoms with Gasteiger partial charge in [-0.2, -0.15) is 0 Å². The van der Waals surface area contributed by atoms with Crippen molar-refractivity contribution in [3.05, 3.63) is 16.0 Å². The van der Waals surface area contributed by atoms with E-state index in [9.17, 15) is 14.4 Å². The van der Waals surface area contributed by atoms with Crippen LogP contribution in [0.25, 0.3) is 0 Å². The van der Waals surface area contributed by atoms with Gasteiger partial charge in [0.1, 0.15) is 5.00 Å². The highest BCUT2D eigenvalue weighted by Gasteiger charge is 2.34. The number of amides is 2. The number of anilines is 2. The van der Waals surface area contributed by atoms with Gasteiger partial charge in [-0.3, -0.25) is 14.5 Å². The second kappa shape index (κ2) is 9.03. The third-order valence-electron chi connectivity index (χ3n) is 4.83. The van der Waals surface area contributed by atoms with E-state index in [1.807, 2.05) is 0 Å². The number of aromatic nitrogens is 2. The molecule has 2 aliphatic carbocycles. The lowest BCUT2D eigenvalue weighted by Gasteiger charge is -2.15. The van der Waals surface area contributed by atoms with E-state index in [-0.39, 0.29) is 29.6 Å². The number of fused-ring (bicyclic) bond motifs is 1. The predicted octanol–water partition coefficient (Wildman–Crippen LogP) is 3.51. The number of thiophene rings is 1. The molecule has 2 amide bonds. The van der Waals surface area contributed by atoms with Crippen LogP contribution in [0, 0.1) is 0 Å². The first kappa shape index (κ1) is 21.3. The number of esters is 1. The highest BCUT2D eigenvalue weighted by molar-refractivity contribution is 8.01. The Kier molecular flexibility index (Phi) is 6.40. The summed E-state index contributed by atoms with van der Waals surface area (Å²) in [4.78, 5) is 39.6. The molecule has 2 aliphatic rings. The second-order valence-corrected chi connectivity index (χ2v) is 10.4. The summed E-state index contributed by atoms with van der Waals surface area (Å²) in [6, 6.07) is 0.221. The first-order valence-electron chi connectivity index (χ1n) is 9.85. The molecular weight excluding hydrogens is 444 g/mol. The number of thioether (sulfide) groups is 1. The molecule has 0 aliphatic heterocycles. The van der Waals surface area contributed by atoms with E-state index in [0.29, 0.717) is 26.6 Å². The lowest BCUT2D eigenvalue weighted by Crippen LogP contribution is -2.30. The lowest BCUT2D eigenvalue weighted by molar-refractivity contribution is -0.116. The van der Waals surface area contributed by atoms with Crippen LogP contribution < -0.4 is 10.2 Å². The Morgan fingerprint density at radius 2 is 2.03 bits per heavy atom. The van der Waals surface area contributed by atoms with Crippen molar-refractivity contribution in [2.75, 3.05) is 22.6 Å². The van der Waals surface area contributed by atoms with Crippen molar-refractivity contribution in [2.45, 2.75) is 56.3 Å². The molecule has 2 heterocycles. The average Bonchev–Trinajstić information content (AvgIpc) is 3.09. The summed E-state index contributed by atoms with van der Waals surface area (Å²) >= 11 is 4.05. The number of aryl methyl sites for hydroxylation is 1. The maximum atomic E-state index is 12.5. The fraction of sp³-hybridized carbons (Fsp3) is 0.526. The van der Waals surface area contributed by atoms with E-state index in [4.69, 9.17) is 4.74 Å². The average molecular weight is 467 g/mol. The summed E-state index contributed by atoms with van der Waals surface area (Å²) in [7, 11) is 0. The van der Waals surface area contributed by atoms with Gasteiger partial charge >= 0.3 is 5.97 Å². The summed E-state index contributed by atoms with van der Waals surface area (Å²) in [5, 5.41) is 12.2. The molecule has 0 radical (unpaired) electrons. The van der Waals surface area contributed by atoms with Gasteiger partial charge < -0.3 is 10.1 Å². The van der Waals surface area contributed by atoms with Gasteiger partial charge in [0.25, 0.3) is 0 Å². The Bertz CT molecular complexity index is 983. The minimum absolute atomic E-state index is 0.0415. The molecule has 0 saturated heterocycles. The number of hydrogen-bond donors (Lipinski definition) is 1. The van der Waals surface area contributed by atoms with Gasteiger partial charge in [-0.15, -0.1) is 21.5 Å². The zero-order valence-corrected chi connectivity index (χ0v) is 19.2. The fourth-order valence-electron chi connectivity index (χ4n) is 3.44. The normalized spacial score (nSPS) is 15.0. The minimum atomic E-state index is -0.377. The molecular formula is C19H22N4O4S3. The van der Waals surface area contributed by atoms with Gasteiger partial charge in [0.2, 0.25) is 16.9 Å². The molecule has 0 unspecified atom stereocenters. The maximum Gasteiger partial charge on any atom is 0.341 e. The van der Waals surface area contributed by atoms with Crippen LogP contribution in [-0.2, 0) is 27.2 Å². The number of nitrogens with zero attached hydrogens (tertiary/aromatic N) is 3. The molecule has 2 aromatic rings. The van der Waals surface area contributed by atoms with Crippen LogP contribution >= 0.6 is 34.4 Å². The summed E-state index contributed by atoms with van der Waals surface area (Å²) in [6.07, 6.45) is 4.76. The smallest absolute Gasteiger partial charge is 0.341 e. The van der Waals surface area contributed by atoms with Crippen LogP contribution in [0.15, 0.2) is 4.34 Å². The van der Waals surface area contributed by atoms with Crippen LogP contribution in [0.5, 0.6) is 0 Å². The highest BCUT2D eigenvalue weighted by atomic mass is 32.2. The van der Waals surface area contributed by atoms with Crippen molar-refractivity contribution in [3.63, 3.8) is 0 Å². The predicted molar refractivity (Wildman–Crippen MR) is 118 cm³/mol. The maximum absolute atomic E-state index is 12.5. The molecule has 11 heteroatoms. The Balaban J connectivity index is 1.39. The van der Waals surface area contributed by atoms with Crippen LogP contribution in [0.4, 0.5) is 10.1 Å². The van der Waals surface area contributed by atoms with E-state index in [1.54, 1.807) is 11.8 Å². The highest BCUT2D eigenvalue weighted by Crippen LogP contribution is 2.40. The third kappa shape index (κ3) is 4.52. The monoisotopic (exact) mass is 466 g/mol. The Morgan fingerprint density at radius 1 is 1.23 bits per heavy atom. The number of rotatable bonds is 8. The van der Waals surface area contributed by atoms with E-state index < -0.39 is 0 Å². The molecule has 0 atom stereocenters. The van der Waals surface area contributed by atoms with E-state index in [2.05, 4.69) is 15.5 Å². The fourth-order valence-corrected chi connectivity index (χ4v) is 6.49. The van der Waals surface area contributed by atoms with Crippen molar-refractivity contribution in [1.82, 2.24) is 10.2 Å². The molecule has 4 rings (SSSR count). The largest absolute Gasteiger partial charge is 0.462 e. The topological polar surface area (TPSA) is 101 Å². The third-order valence-corrected chi connectivity index (χ3v) is 8.10. The van der Waals surface area contributed by atoms with Crippen LogP contribution in [0.2, 0.25) is 0 Å². The van der Waals surface area contributed by atoms with E-state index >= 15 is 0 Å². The van der Waals surface area contributed by atoms with Crippen molar-refractivity contribution >= 4 is 62.4 Å². The van der Waals surface area contributed by atoms with Crippen molar-refractivity contribution in [1.29, 1.82) is 0 Å². The van der Waals surface area contributed by atoms with Crippen molar-refractivity contribution in [3.8, 4) is 0 Å². The standard InChI is InChI=1S/C19H22N4O4S3/c1-3-27-17(26)15-12-5-4-6-13(12)29-16(15)20-14(25)9-28-19-22-21-18(30-19)23(10(2)24)11-7-8-11/h11H,3-9H2,1-2H3,(H,20,25). The molecule has 1 fully saturated rings. The van der Waals surface area contributed by atoms with Crippen LogP contribution in [0.1, 0.15) is 53.9 Å². The van der Waals surface area contributed by atoms with Crippen LogP contribution in [-0.4, -0.2) is 46.4 Å². The second-order valence-electron chi connectivity index (χ2n) is 7.09. The summed E-state index contributed by atoms with van der Waals surface area (Å²) in [5.74, 6) is -0.491. The molecule has 1 saturated carbocycles. The zero-order chi connectivity index (χ0) is 21.3. The van der Waals surface area contributed by atoms with Crippen molar-refractivity contribution < 1.29 is 19.1 Å². The van der Waals surface area contributed by atoms with Crippen molar-refractivity contribution in [2.24, 2.45) is 0 Å². The Labute approximate surface area is 186 Å². The molecule has 1 N–H and O–H groups in total. The Hall–Kier alpha value is -1.98. The summed E-state index contributed by atoms with van der Waals surface area (Å²) in [6.45, 7) is 3.59. The number of nitrogens with one attached hydrogen (secondary N) is 1. The molecule has 0 bridgehead atoms. The van der Waals surface area contributed by atoms with Gasteiger partial charge in [0, 0.05) is 17.8 Å². The van der Waals surface area contributed by atoms with Gasteiger partial charge in [0.05, 0.1) is 17.9 Å². The van der Waals surface area contributed by atoms with E-state index in [0.717, 1.165) is 42.5 Å². The van der Waals surface area contributed by atoms with Gasteiger partial charge in [0.15, 0.2) is 4.34 Å². The zero-order valence-electron chi connectivity index (χ0n) is 16.7. The van der Waals surface area contributed by atoms with E-state index in [1.165, 1.54) is 41.4 Å². The number of carbonyl (C=O) groups is 3. The van der Waals surface area contributed by atoms with Crippen LogP contribution in [0.3, 0.4) is 0 Å². The quantitative estimate of drug-likeness (QED) is 0.361. The first-order chi connectivity index (χ1) is 14.5. The summed E-state index contributed by atoms with van der Waals surface area (Å²) < 4.78 is 5.83. The SMILES string of the molecule is CCOC(=O)c1c(NC(=O)CSc2nnc(N(C(C)=O)C3CC3)s2)sc2c1CCC2. The number of ether oxygens (including phenoxy) is 1. The number of carbonyl (C=O) groups excluding carboxylic acids is 3. The van der Waals surface area contributed by atoms with Gasteiger partial charge in [-0.25, -0.2) is 4.79 Å². The molecule has 0 spiro atoms. The molecule has 160 valence electrons. The van der Waals surface area contributed by atoms with Gasteiger partial charge in [-0.1, -0.05) is 23.1 Å². The molecule has 30 heavy (non-hydrogen) atoms. The molecule has 0 aromatic carbocycles. The first-order valence-corrected chi connectivity index (χ1v) is 12.5. The molecule has 2 aromatic heterocycles.